The Balaban J connectivity index is 2.39. The van der Waals surface area contributed by atoms with Gasteiger partial charge in [0.1, 0.15) is 16.7 Å². The van der Waals surface area contributed by atoms with Gasteiger partial charge in [-0.05, 0) is 43.4 Å². The Morgan fingerprint density at radius 1 is 1.26 bits per heavy atom. The molecule has 1 aliphatic heterocycles. The van der Waals surface area contributed by atoms with Crippen molar-refractivity contribution >= 4 is 21.9 Å². The first-order chi connectivity index (χ1) is 12.6. The summed E-state index contributed by atoms with van der Waals surface area (Å²) in [6.07, 6.45) is 0.957. The van der Waals surface area contributed by atoms with Gasteiger partial charge in [-0.2, -0.15) is 4.31 Å². The zero-order valence-corrected chi connectivity index (χ0v) is 16.7. The normalized spacial score (nSPS) is 22.1. The number of aliphatic carboxylic acids is 1. The van der Waals surface area contributed by atoms with Crippen LogP contribution in [0.25, 0.3) is 0 Å². The number of piperidine rings is 1. The summed E-state index contributed by atoms with van der Waals surface area (Å²) in [6.45, 7) is 6.15. The van der Waals surface area contributed by atoms with Gasteiger partial charge in [0.25, 0.3) is 5.91 Å². The highest BCUT2D eigenvalue weighted by Crippen LogP contribution is 2.32. The van der Waals surface area contributed by atoms with Gasteiger partial charge >= 0.3 is 5.97 Å². The molecule has 3 atom stereocenters. The molecule has 1 amide bonds. The smallest absolute Gasteiger partial charge is 0.325 e. The monoisotopic (exact) mass is 398 g/mol. The van der Waals surface area contributed by atoms with E-state index in [1.165, 1.54) is 36.5 Å². The van der Waals surface area contributed by atoms with Crippen molar-refractivity contribution in [1.29, 1.82) is 0 Å². The number of carboxylic acids is 1. The molecule has 0 spiro atoms. The van der Waals surface area contributed by atoms with Crippen LogP contribution in [0.2, 0.25) is 0 Å². The van der Waals surface area contributed by atoms with E-state index in [1.807, 2.05) is 13.8 Å². The highest BCUT2D eigenvalue weighted by atomic mass is 32.2. The average molecular weight is 398 g/mol. The first-order valence-electron chi connectivity index (χ1n) is 8.78. The molecule has 0 aliphatic carbocycles. The molecule has 9 heteroatoms. The van der Waals surface area contributed by atoms with Gasteiger partial charge in [0.15, 0.2) is 0 Å². The van der Waals surface area contributed by atoms with E-state index in [1.54, 1.807) is 0 Å². The standard InChI is InChI=1S/C18H26N2O6S/c1-11-7-12(2)10-20(9-11)27(24,25)16-8-14(5-6-15(16)26-4)17(21)19-13(3)18(22)23/h5-6,8,11-13H,7,9-10H2,1-4H3,(H,19,21)(H,22,23)/t11?,12?,13-/m1/s1. The number of amides is 1. The summed E-state index contributed by atoms with van der Waals surface area (Å²) in [5.74, 6) is -1.23. The number of carbonyl (C=O) groups is 2. The molecular weight excluding hydrogens is 372 g/mol. The fraction of sp³-hybridized carbons (Fsp3) is 0.556. The highest BCUT2D eigenvalue weighted by Gasteiger charge is 2.34. The Hall–Kier alpha value is -2.13. The van der Waals surface area contributed by atoms with E-state index in [2.05, 4.69) is 5.32 Å². The van der Waals surface area contributed by atoms with Crippen molar-refractivity contribution in [2.45, 2.75) is 38.1 Å². The summed E-state index contributed by atoms with van der Waals surface area (Å²) >= 11 is 0. The molecule has 1 saturated heterocycles. The summed E-state index contributed by atoms with van der Waals surface area (Å²) in [5, 5.41) is 11.2. The first kappa shape index (κ1) is 21.2. The third-order valence-electron chi connectivity index (χ3n) is 4.60. The van der Waals surface area contributed by atoms with Crippen molar-refractivity contribution in [3.63, 3.8) is 0 Å². The third kappa shape index (κ3) is 4.78. The molecule has 1 aromatic carbocycles. The SMILES string of the molecule is COc1ccc(C(=O)N[C@H](C)C(=O)O)cc1S(=O)(=O)N1CC(C)CC(C)C1. The van der Waals surface area contributed by atoms with E-state index < -0.39 is 27.9 Å². The molecule has 0 aromatic heterocycles. The van der Waals surface area contributed by atoms with Crippen molar-refractivity contribution in [2.24, 2.45) is 11.8 Å². The van der Waals surface area contributed by atoms with Gasteiger partial charge in [-0.25, -0.2) is 8.42 Å². The van der Waals surface area contributed by atoms with Gasteiger partial charge < -0.3 is 15.2 Å². The van der Waals surface area contributed by atoms with E-state index >= 15 is 0 Å². The van der Waals surface area contributed by atoms with Gasteiger partial charge in [-0.1, -0.05) is 13.8 Å². The lowest BCUT2D eigenvalue weighted by Gasteiger charge is -2.34. The number of nitrogens with one attached hydrogen (secondary N) is 1. The fourth-order valence-corrected chi connectivity index (χ4v) is 5.16. The maximum absolute atomic E-state index is 13.2. The molecule has 2 N–H and O–H groups in total. The zero-order valence-electron chi connectivity index (χ0n) is 15.9. The molecule has 0 radical (unpaired) electrons. The lowest BCUT2D eigenvalue weighted by atomic mass is 9.94. The Kier molecular flexibility index (Phi) is 6.48. The highest BCUT2D eigenvalue weighted by molar-refractivity contribution is 7.89. The second kappa shape index (κ2) is 8.26. The largest absolute Gasteiger partial charge is 0.495 e. The van der Waals surface area contributed by atoms with Crippen molar-refractivity contribution in [2.75, 3.05) is 20.2 Å². The van der Waals surface area contributed by atoms with E-state index in [0.29, 0.717) is 13.1 Å². The van der Waals surface area contributed by atoms with Crippen molar-refractivity contribution in [1.82, 2.24) is 9.62 Å². The number of carboxylic acid groups (broad SMARTS) is 1. The lowest BCUT2D eigenvalue weighted by Crippen LogP contribution is -2.42. The number of methoxy groups -OCH3 is 1. The fourth-order valence-electron chi connectivity index (χ4n) is 3.30. The summed E-state index contributed by atoms with van der Waals surface area (Å²) in [6, 6.07) is 2.96. The molecule has 0 saturated carbocycles. The number of carbonyl (C=O) groups excluding carboxylic acids is 1. The predicted octanol–water partition coefficient (Wildman–Crippen LogP) is 1.56. The molecule has 150 valence electrons. The molecule has 1 fully saturated rings. The van der Waals surface area contributed by atoms with Crippen molar-refractivity contribution in [3.05, 3.63) is 23.8 Å². The summed E-state index contributed by atoms with van der Waals surface area (Å²) in [5.41, 5.74) is 0.0561. The van der Waals surface area contributed by atoms with Crippen LogP contribution in [0, 0.1) is 11.8 Å². The lowest BCUT2D eigenvalue weighted by molar-refractivity contribution is -0.138. The van der Waals surface area contributed by atoms with E-state index in [4.69, 9.17) is 9.84 Å². The molecular formula is C18H26N2O6S. The van der Waals surface area contributed by atoms with Crippen LogP contribution in [0.1, 0.15) is 37.6 Å². The minimum atomic E-state index is -3.86. The second-order valence-electron chi connectivity index (χ2n) is 7.17. The molecule has 2 rings (SSSR count). The van der Waals surface area contributed by atoms with Crippen LogP contribution in [0.3, 0.4) is 0 Å². The Morgan fingerprint density at radius 2 is 1.85 bits per heavy atom. The van der Waals surface area contributed by atoms with Gasteiger partial charge in [-0.15, -0.1) is 0 Å². The van der Waals surface area contributed by atoms with E-state index in [0.717, 1.165) is 6.42 Å². The maximum atomic E-state index is 13.2. The van der Waals surface area contributed by atoms with E-state index in [9.17, 15) is 18.0 Å². The molecule has 1 aromatic rings. The number of sulfonamides is 1. The number of rotatable bonds is 6. The maximum Gasteiger partial charge on any atom is 0.325 e. The van der Waals surface area contributed by atoms with Crippen LogP contribution in [0.5, 0.6) is 5.75 Å². The van der Waals surface area contributed by atoms with Crippen LogP contribution in [0.15, 0.2) is 23.1 Å². The molecule has 8 nitrogen and oxygen atoms in total. The number of ether oxygens (including phenoxy) is 1. The van der Waals surface area contributed by atoms with Gasteiger partial charge in [-0.3, -0.25) is 9.59 Å². The molecule has 2 unspecified atom stereocenters. The first-order valence-corrected chi connectivity index (χ1v) is 10.2. The summed E-state index contributed by atoms with van der Waals surface area (Å²) in [7, 11) is -2.50. The number of hydrogen-bond acceptors (Lipinski definition) is 5. The minimum Gasteiger partial charge on any atom is -0.495 e. The van der Waals surface area contributed by atoms with Crippen LogP contribution >= 0.6 is 0 Å². The van der Waals surface area contributed by atoms with Gasteiger partial charge in [0.05, 0.1) is 7.11 Å². The number of nitrogens with zero attached hydrogens (tertiary/aromatic N) is 1. The Bertz CT molecular complexity index is 813. The zero-order chi connectivity index (χ0) is 20.4. The van der Waals surface area contributed by atoms with Crippen molar-refractivity contribution in [3.8, 4) is 5.75 Å². The Morgan fingerprint density at radius 3 is 2.37 bits per heavy atom. The van der Waals surface area contributed by atoms with Crippen LogP contribution < -0.4 is 10.1 Å². The van der Waals surface area contributed by atoms with Gasteiger partial charge in [0.2, 0.25) is 10.0 Å². The molecule has 27 heavy (non-hydrogen) atoms. The van der Waals surface area contributed by atoms with Crippen molar-refractivity contribution < 1.29 is 27.9 Å². The topological polar surface area (TPSA) is 113 Å². The average Bonchev–Trinajstić information content (AvgIpc) is 2.60. The molecule has 1 heterocycles. The molecule has 0 bridgehead atoms. The van der Waals surface area contributed by atoms with Crippen LogP contribution in [0.4, 0.5) is 0 Å². The van der Waals surface area contributed by atoms with Crippen LogP contribution in [-0.4, -0.2) is 55.9 Å². The van der Waals surface area contributed by atoms with Gasteiger partial charge in [0, 0.05) is 18.7 Å². The molecule has 1 aliphatic rings. The Labute approximate surface area is 159 Å². The quantitative estimate of drug-likeness (QED) is 0.752. The predicted molar refractivity (Wildman–Crippen MR) is 99.3 cm³/mol. The van der Waals surface area contributed by atoms with E-state index in [-0.39, 0.29) is 28.0 Å². The number of benzene rings is 1. The minimum absolute atomic E-state index is 0.0561. The second-order valence-corrected chi connectivity index (χ2v) is 9.07. The van der Waals surface area contributed by atoms with Crippen LogP contribution in [-0.2, 0) is 14.8 Å². The number of hydrogen-bond donors (Lipinski definition) is 2. The summed E-state index contributed by atoms with van der Waals surface area (Å²) < 4.78 is 33.0. The summed E-state index contributed by atoms with van der Waals surface area (Å²) in [4.78, 5) is 23.1. The third-order valence-corrected chi connectivity index (χ3v) is 6.45.